The van der Waals surface area contributed by atoms with E-state index < -0.39 is 5.91 Å². The van der Waals surface area contributed by atoms with Gasteiger partial charge in [0.05, 0.1) is 7.11 Å². The average Bonchev–Trinajstić information content (AvgIpc) is 2.97. The van der Waals surface area contributed by atoms with Crippen molar-refractivity contribution in [1.29, 1.82) is 0 Å². The zero-order valence-electron chi connectivity index (χ0n) is 13.2. The minimum absolute atomic E-state index is 0.163. The molecule has 0 aliphatic heterocycles. The number of carbonyl (C=O) groups is 2. The normalized spacial score (nSPS) is 10.5. The van der Waals surface area contributed by atoms with E-state index >= 15 is 0 Å². The number of carbonyl (C=O) groups excluding carboxylic acids is 2. The fourth-order valence-corrected chi connectivity index (χ4v) is 2.55. The molecule has 0 atom stereocenters. The first-order valence-corrected chi connectivity index (χ1v) is 7.39. The summed E-state index contributed by atoms with van der Waals surface area (Å²) in [6, 6.07) is 14.2. The second-order valence-corrected chi connectivity index (χ2v) is 5.36. The maximum atomic E-state index is 12.3. The van der Waals surface area contributed by atoms with Crippen molar-refractivity contribution in [2.45, 2.75) is 6.54 Å². The summed E-state index contributed by atoms with van der Waals surface area (Å²) in [6.45, 7) is 0.163. The van der Waals surface area contributed by atoms with Crippen molar-refractivity contribution in [3.63, 3.8) is 0 Å². The number of methoxy groups -OCH3 is 1. The average molecular weight is 323 g/mol. The van der Waals surface area contributed by atoms with Gasteiger partial charge in [0.2, 0.25) is 11.8 Å². The van der Waals surface area contributed by atoms with Crippen LogP contribution in [0.3, 0.4) is 0 Å². The van der Waals surface area contributed by atoms with Gasteiger partial charge in [0.1, 0.15) is 12.3 Å². The molecule has 6 nitrogen and oxygen atoms in total. The lowest BCUT2D eigenvalue weighted by molar-refractivity contribution is -0.116. The van der Waals surface area contributed by atoms with Crippen LogP contribution in [-0.2, 0) is 11.3 Å². The Kier molecular flexibility index (Phi) is 4.20. The van der Waals surface area contributed by atoms with Crippen LogP contribution in [0.15, 0.2) is 54.7 Å². The molecule has 2 amide bonds. The number of ether oxygens (including phenoxy) is 1. The van der Waals surface area contributed by atoms with Crippen LogP contribution in [0.25, 0.3) is 10.9 Å². The van der Waals surface area contributed by atoms with Crippen LogP contribution in [0.4, 0.5) is 5.69 Å². The number of hydrogen-bond donors (Lipinski definition) is 2. The molecule has 1 heterocycles. The van der Waals surface area contributed by atoms with Gasteiger partial charge in [0.15, 0.2) is 0 Å². The van der Waals surface area contributed by atoms with E-state index in [4.69, 9.17) is 10.5 Å². The van der Waals surface area contributed by atoms with Crippen LogP contribution in [0.2, 0.25) is 0 Å². The van der Waals surface area contributed by atoms with Crippen molar-refractivity contribution in [3.8, 4) is 5.75 Å². The first-order valence-electron chi connectivity index (χ1n) is 7.39. The van der Waals surface area contributed by atoms with Crippen LogP contribution in [0.1, 0.15) is 10.4 Å². The highest BCUT2D eigenvalue weighted by atomic mass is 16.5. The van der Waals surface area contributed by atoms with E-state index in [0.717, 1.165) is 16.7 Å². The fourth-order valence-electron chi connectivity index (χ4n) is 2.55. The fraction of sp³-hybridized carbons (Fsp3) is 0.111. The number of fused-ring (bicyclic) bond motifs is 1. The maximum absolute atomic E-state index is 12.3. The Morgan fingerprint density at radius 3 is 2.75 bits per heavy atom. The van der Waals surface area contributed by atoms with E-state index in [1.54, 1.807) is 31.4 Å². The molecule has 0 aliphatic rings. The van der Waals surface area contributed by atoms with Crippen molar-refractivity contribution >= 4 is 28.4 Å². The molecule has 6 heteroatoms. The number of primary amides is 1. The summed E-state index contributed by atoms with van der Waals surface area (Å²) in [7, 11) is 1.62. The van der Waals surface area contributed by atoms with E-state index in [1.165, 1.54) is 0 Å². The summed E-state index contributed by atoms with van der Waals surface area (Å²) in [5.74, 6) is 0.0503. The molecule has 0 radical (unpaired) electrons. The standard InChI is InChI=1S/C18H17N3O3/c1-24-15-5-6-16-12(10-15)7-8-21(16)11-17(22)20-14-4-2-3-13(9-14)18(19)23/h2-10H,11H2,1H3,(H2,19,23)(H,20,22). The van der Waals surface area contributed by atoms with Crippen molar-refractivity contribution in [2.75, 3.05) is 12.4 Å². The van der Waals surface area contributed by atoms with E-state index in [0.29, 0.717) is 11.3 Å². The van der Waals surface area contributed by atoms with Crippen LogP contribution < -0.4 is 15.8 Å². The highest BCUT2D eigenvalue weighted by molar-refractivity contribution is 5.96. The van der Waals surface area contributed by atoms with Crippen molar-refractivity contribution in [3.05, 3.63) is 60.3 Å². The molecule has 3 N–H and O–H groups in total. The number of nitrogens with two attached hydrogens (primary N) is 1. The Balaban J connectivity index is 1.75. The van der Waals surface area contributed by atoms with Crippen LogP contribution in [-0.4, -0.2) is 23.5 Å². The van der Waals surface area contributed by atoms with Gasteiger partial charge in [-0.15, -0.1) is 0 Å². The Morgan fingerprint density at radius 1 is 1.17 bits per heavy atom. The summed E-state index contributed by atoms with van der Waals surface area (Å²) < 4.78 is 7.05. The summed E-state index contributed by atoms with van der Waals surface area (Å²) >= 11 is 0. The zero-order chi connectivity index (χ0) is 17.1. The number of rotatable bonds is 5. The highest BCUT2D eigenvalue weighted by Crippen LogP contribution is 2.22. The number of amides is 2. The third kappa shape index (κ3) is 3.22. The molecule has 3 rings (SSSR count). The molecule has 0 bridgehead atoms. The minimum Gasteiger partial charge on any atom is -0.497 e. The molecule has 0 aliphatic carbocycles. The summed E-state index contributed by atoms with van der Waals surface area (Å²) in [5, 5.41) is 3.77. The molecule has 24 heavy (non-hydrogen) atoms. The van der Waals surface area contributed by atoms with Crippen LogP contribution in [0.5, 0.6) is 5.75 Å². The highest BCUT2D eigenvalue weighted by Gasteiger charge is 2.09. The molecule has 0 fully saturated rings. The van der Waals surface area contributed by atoms with Gasteiger partial charge in [0, 0.05) is 28.4 Å². The predicted octanol–water partition coefficient (Wildman–Crippen LogP) is 2.39. The Bertz CT molecular complexity index is 915. The van der Waals surface area contributed by atoms with Gasteiger partial charge < -0.3 is 20.4 Å². The van der Waals surface area contributed by atoms with Gasteiger partial charge in [-0.2, -0.15) is 0 Å². The van der Waals surface area contributed by atoms with Crippen LogP contribution in [0, 0.1) is 0 Å². The second-order valence-electron chi connectivity index (χ2n) is 5.36. The smallest absolute Gasteiger partial charge is 0.248 e. The predicted molar refractivity (Wildman–Crippen MR) is 92.1 cm³/mol. The lowest BCUT2D eigenvalue weighted by Gasteiger charge is -2.08. The first-order chi connectivity index (χ1) is 11.6. The van der Waals surface area contributed by atoms with E-state index in [1.807, 2.05) is 35.0 Å². The quantitative estimate of drug-likeness (QED) is 0.756. The molecular formula is C18H17N3O3. The largest absolute Gasteiger partial charge is 0.497 e. The van der Waals surface area contributed by atoms with Gasteiger partial charge >= 0.3 is 0 Å². The summed E-state index contributed by atoms with van der Waals surface area (Å²) in [6.07, 6.45) is 1.85. The van der Waals surface area contributed by atoms with Crippen molar-refractivity contribution in [2.24, 2.45) is 5.73 Å². The molecule has 0 saturated carbocycles. The number of nitrogens with one attached hydrogen (secondary N) is 1. The SMILES string of the molecule is COc1ccc2c(ccn2CC(=O)Nc2cccc(C(N)=O)c2)c1. The van der Waals surface area contributed by atoms with Gasteiger partial charge in [0.25, 0.3) is 0 Å². The molecule has 2 aromatic carbocycles. The number of hydrogen-bond acceptors (Lipinski definition) is 3. The van der Waals surface area contributed by atoms with Gasteiger partial charge in [-0.25, -0.2) is 0 Å². The zero-order valence-corrected chi connectivity index (χ0v) is 13.2. The number of benzene rings is 2. The van der Waals surface area contributed by atoms with E-state index in [9.17, 15) is 9.59 Å². The van der Waals surface area contributed by atoms with Gasteiger partial charge in [-0.3, -0.25) is 9.59 Å². The third-order valence-electron chi connectivity index (χ3n) is 3.72. The van der Waals surface area contributed by atoms with Gasteiger partial charge in [-0.1, -0.05) is 6.07 Å². The number of aromatic nitrogens is 1. The van der Waals surface area contributed by atoms with Gasteiger partial charge in [-0.05, 0) is 42.5 Å². The van der Waals surface area contributed by atoms with Crippen LogP contribution >= 0.6 is 0 Å². The first kappa shape index (κ1) is 15.6. The van der Waals surface area contributed by atoms with Crippen molar-refractivity contribution in [1.82, 2.24) is 4.57 Å². The molecular weight excluding hydrogens is 306 g/mol. The summed E-state index contributed by atoms with van der Waals surface area (Å²) in [5.41, 5.74) is 7.07. The molecule has 0 unspecified atom stereocenters. The monoisotopic (exact) mass is 323 g/mol. The molecule has 1 aromatic heterocycles. The molecule has 0 spiro atoms. The summed E-state index contributed by atoms with van der Waals surface area (Å²) in [4.78, 5) is 23.4. The number of anilines is 1. The topological polar surface area (TPSA) is 86.3 Å². The molecule has 0 saturated heterocycles. The van der Waals surface area contributed by atoms with Crippen molar-refractivity contribution < 1.29 is 14.3 Å². The van der Waals surface area contributed by atoms with E-state index in [2.05, 4.69) is 5.32 Å². The number of nitrogens with zero attached hydrogens (tertiary/aromatic N) is 1. The lowest BCUT2D eigenvalue weighted by atomic mass is 10.2. The van der Waals surface area contributed by atoms with E-state index in [-0.39, 0.29) is 12.5 Å². The Labute approximate surface area is 138 Å². The Morgan fingerprint density at radius 2 is 2.00 bits per heavy atom. The second kappa shape index (κ2) is 6.45. The lowest BCUT2D eigenvalue weighted by Crippen LogP contribution is -2.19. The molecule has 122 valence electrons. The molecule has 3 aromatic rings. The third-order valence-corrected chi connectivity index (χ3v) is 3.72. The maximum Gasteiger partial charge on any atom is 0.248 e. The minimum atomic E-state index is -0.531. The Hall–Kier alpha value is -3.28.